The molecule has 0 saturated heterocycles. The van der Waals surface area contributed by atoms with Gasteiger partial charge in [-0.05, 0) is 135 Å². The maximum Gasteiger partial charge on any atom is 0.189 e. The van der Waals surface area contributed by atoms with Crippen LogP contribution in [-0.2, 0) is 105 Å². The van der Waals surface area contributed by atoms with Crippen LogP contribution in [0.4, 0.5) is 0 Å². The van der Waals surface area contributed by atoms with Crippen LogP contribution in [0.5, 0.6) is 0 Å². The van der Waals surface area contributed by atoms with Crippen LogP contribution in [0.2, 0.25) is 0 Å². The van der Waals surface area contributed by atoms with E-state index in [2.05, 4.69) is 208 Å². The van der Waals surface area contributed by atoms with Crippen LogP contribution in [0.3, 0.4) is 0 Å². The summed E-state index contributed by atoms with van der Waals surface area (Å²) in [6.07, 6.45) is 19.7. The van der Waals surface area contributed by atoms with Crippen LogP contribution in [0.15, 0.2) is 454 Å². The van der Waals surface area contributed by atoms with Crippen molar-refractivity contribution < 1.29 is 125 Å². The number of carbonyl (C=O) groups is 2. The van der Waals surface area contributed by atoms with E-state index in [1.165, 1.54) is 93.1 Å². The summed E-state index contributed by atoms with van der Waals surface area (Å²) in [7, 11) is 0. The zero-order chi connectivity index (χ0) is 89.7. The molecule has 9 aromatic heterocycles. The number of fused-ring (bicyclic) bond motifs is 7. The summed E-state index contributed by atoms with van der Waals surface area (Å²) in [4.78, 5) is 64.2. The zero-order valence-corrected chi connectivity index (χ0v) is 84.8. The summed E-state index contributed by atoms with van der Waals surface area (Å²) in [5, 5.41) is 31.4. The quantitative estimate of drug-likeness (QED) is 0.0563. The second kappa shape index (κ2) is 55.2. The summed E-state index contributed by atoms with van der Waals surface area (Å²) in [5.41, 5.74) is 14.5. The number of benzene rings is 13. The Bertz CT molecular complexity index is 7030. The van der Waals surface area contributed by atoms with Crippen molar-refractivity contribution in [1.82, 2.24) is 49.8 Å². The molecule has 5 radical (unpaired) electrons. The molecule has 0 amide bonds. The van der Waals surface area contributed by atoms with E-state index in [0.29, 0.717) is 22.5 Å². The molecule has 0 saturated carbocycles. The van der Waals surface area contributed by atoms with Crippen molar-refractivity contribution in [3.05, 3.63) is 498 Å². The van der Waals surface area contributed by atoms with E-state index >= 15 is 0 Å². The molecule has 135 heavy (non-hydrogen) atoms. The number of ketones is 2. The number of aliphatic hydroxyl groups excluding tert-OH is 2. The predicted molar refractivity (Wildman–Crippen MR) is 522 cm³/mol. The van der Waals surface area contributed by atoms with Gasteiger partial charge in [-0.1, -0.05) is 211 Å². The largest absolute Gasteiger partial charge is 0.545 e. The van der Waals surface area contributed by atoms with Gasteiger partial charge in [0.15, 0.2) is 17.2 Å². The average Bonchev–Trinajstić information content (AvgIpc) is 0.922. The van der Waals surface area contributed by atoms with E-state index in [1.54, 1.807) is 67.6 Å². The molecule has 22 rings (SSSR count). The van der Waals surface area contributed by atoms with Gasteiger partial charge in [0.05, 0.1) is 17.0 Å². The van der Waals surface area contributed by atoms with Gasteiger partial charge in [0.2, 0.25) is 0 Å². The number of pyridine rings is 6. The maximum absolute atomic E-state index is 11.2. The zero-order valence-electron chi connectivity index (χ0n) is 72.8. The van der Waals surface area contributed by atoms with Gasteiger partial charge in [0.25, 0.3) is 0 Å². The van der Waals surface area contributed by atoms with E-state index in [0.717, 1.165) is 84.0 Å². The number of furan rings is 1. The summed E-state index contributed by atoms with van der Waals surface area (Å²) in [6, 6.07) is 142. The molecule has 0 fully saturated rings. The minimum Gasteiger partial charge on any atom is -0.545 e. The van der Waals surface area contributed by atoms with Crippen molar-refractivity contribution in [2.24, 2.45) is 0 Å². The molecule has 13 aromatic carbocycles. The molecule has 22 aromatic rings. The normalized spacial score (nSPS) is 10.2. The van der Waals surface area contributed by atoms with E-state index in [1.807, 2.05) is 237 Å². The first-order valence-electron chi connectivity index (χ1n) is 41.5. The summed E-state index contributed by atoms with van der Waals surface area (Å²) in [6.45, 7) is 4.32. The van der Waals surface area contributed by atoms with Crippen molar-refractivity contribution in [2.45, 2.75) is 20.8 Å². The Kier molecular flexibility index (Phi) is 42.7. The Morgan fingerprint density at radius 1 is 0.281 bits per heavy atom. The Morgan fingerprint density at radius 2 is 0.644 bits per heavy atom. The second-order valence-corrected chi connectivity index (χ2v) is 28.8. The molecule has 0 aliphatic carbocycles. The monoisotopic (exact) mass is 2650 g/mol. The molecular formula is C115H83Ir5N10O5-7. The number of hydrogen-bond donors (Lipinski definition) is 2. The number of aromatic nitrogens is 10. The first kappa shape index (κ1) is 104. The van der Waals surface area contributed by atoms with Gasteiger partial charge < -0.3 is 44.5 Å². The predicted octanol–water partition coefficient (Wildman–Crippen LogP) is 27.0. The summed E-state index contributed by atoms with van der Waals surface area (Å²) >= 11 is 0. The third kappa shape index (κ3) is 30.4. The van der Waals surface area contributed by atoms with Crippen LogP contribution in [0.1, 0.15) is 31.1 Å². The standard InChI is InChI=1S/2C19H12N.C15H10N.C13H8NO.C12H7N4.2C11H8N.C10H10O2.C5H8O2.5Ir/c2*1-2-7-16-13-17(10-9-14(16)5-1)19-18-8-4-3-6-15(18)11-12-20-19;1-2-7-13(8-3-1)15-14-9-5-4-6-12(14)10-11-16-15;1-2-5-11-10(4-1)7-8-14-13(11)12-6-3-9-15-12;1-2-4-9(5-3-1)10-11-12(16-8-15-10)14-7-6-13-11;2*1-2-6-10(7-3-1)11-8-4-5-9-12-11;1-8(11)7-10(12)9-5-3-2-4-6-9;1-4(6)3-5(2)7;;;;;/h2*1-9,11-13H;1-7,9-11H;1-5,7-9H;1-4,6-8H;2*1-6,8-9H;2-7,11H,1H3;3,6H,1-2H3;;;;;/q7*-1;;;;;;;. The van der Waals surface area contributed by atoms with Gasteiger partial charge in [-0.25, -0.2) is 9.97 Å². The second-order valence-electron chi connectivity index (χ2n) is 28.8. The number of allylic oxidation sites excluding steroid dienone is 4. The van der Waals surface area contributed by atoms with Crippen LogP contribution in [0.25, 0.3) is 155 Å². The van der Waals surface area contributed by atoms with Crippen molar-refractivity contribution in [1.29, 1.82) is 0 Å². The van der Waals surface area contributed by atoms with Crippen molar-refractivity contribution >= 4 is 87.4 Å². The number of rotatable bonds is 10. The molecule has 0 unspecified atom stereocenters. The van der Waals surface area contributed by atoms with E-state index < -0.39 is 0 Å². The average molecular weight is 2650 g/mol. The van der Waals surface area contributed by atoms with Crippen molar-refractivity contribution in [3.63, 3.8) is 0 Å². The fourth-order valence-electron chi connectivity index (χ4n) is 13.6. The molecular weight excluding hydrogens is 2560 g/mol. The van der Waals surface area contributed by atoms with Crippen LogP contribution < -0.4 is 0 Å². The number of nitrogens with zero attached hydrogens (tertiary/aromatic N) is 10. The maximum atomic E-state index is 11.2. The minimum absolute atomic E-state index is 0. The molecule has 0 atom stereocenters. The fraction of sp³-hybridized carbons (Fsp3) is 0.0261. The Morgan fingerprint density at radius 3 is 1.03 bits per heavy atom. The smallest absolute Gasteiger partial charge is 0.189 e. The molecule has 2 N–H and O–H groups in total. The molecule has 0 bridgehead atoms. The van der Waals surface area contributed by atoms with Gasteiger partial charge in [-0.15, -0.1) is 214 Å². The van der Waals surface area contributed by atoms with E-state index in [4.69, 9.17) is 14.6 Å². The molecule has 0 aliphatic rings. The summed E-state index contributed by atoms with van der Waals surface area (Å²) < 4.78 is 5.31. The Labute approximate surface area is 851 Å². The number of hydrogen-bond acceptors (Lipinski definition) is 15. The van der Waals surface area contributed by atoms with Gasteiger partial charge in [0, 0.05) is 185 Å². The van der Waals surface area contributed by atoms with Crippen LogP contribution in [-0.4, -0.2) is 71.6 Å². The van der Waals surface area contributed by atoms with Crippen molar-refractivity contribution in [3.8, 4) is 79.0 Å². The summed E-state index contributed by atoms with van der Waals surface area (Å²) in [5.74, 6) is 0.485. The van der Waals surface area contributed by atoms with Gasteiger partial charge in [-0.2, -0.15) is 0 Å². The SMILES string of the molecule is CC(=O)C=C(C)O.CC(O)=CC(=O)c1ccccc1.[Ir].[Ir].[Ir].[Ir].[Ir].[c-]1cc2ccccc2cc1-c1nccc2ccccc12.[c-]1cc2ccccc2cc1-c1nccc2ccccc12.[c-]1ccccc1-c1ccccn1.[c-]1ccccc1-c1ccccn1.[c-]1ccccc1-c1nccc2ccccc12.[c-]1ccccc1-c1ncnc2nccnc12.[c-]1ccoc1-c1nccc2ccccc12. The van der Waals surface area contributed by atoms with Gasteiger partial charge in [-0.3, -0.25) is 19.6 Å². The van der Waals surface area contributed by atoms with E-state index in [-0.39, 0.29) is 124 Å². The minimum atomic E-state index is -0.171. The van der Waals surface area contributed by atoms with E-state index in [9.17, 15) is 9.59 Å². The Balaban J connectivity index is 0.000000172. The first-order chi connectivity index (χ1) is 63.9. The van der Waals surface area contributed by atoms with Crippen molar-refractivity contribution in [2.75, 3.05) is 0 Å². The third-order valence-electron chi connectivity index (χ3n) is 19.6. The van der Waals surface area contributed by atoms with Gasteiger partial charge in [0.1, 0.15) is 6.33 Å². The molecule has 20 heteroatoms. The molecule has 0 spiro atoms. The molecule has 675 valence electrons. The number of aliphatic hydroxyl groups is 2. The van der Waals surface area contributed by atoms with Gasteiger partial charge >= 0.3 is 0 Å². The fourth-order valence-corrected chi connectivity index (χ4v) is 13.6. The van der Waals surface area contributed by atoms with Crippen LogP contribution >= 0.6 is 0 Å². The number of carbonyl (C=O) groups excluding carboxylic acids is 2. The molecule has 9 heterocycles. The van der Waals surface area contributed by atoms with Crippen LogP contribution in [0, 0.1) is 42.5 Å². The first-order valence-corrected chi connectivity index (χ1v) is 41.5. The third-order valence-corrected chi connectivity index (χ3v) is 19.6. The molecule has 15 nitrogen and oxygen atoms in total. The molecule has 0 aliphatic heterocycles. The topological polar surface area (TPSA) is 217 Å². The Hall–Kier alpha value is -14.3.